The molecule has 0 atom stereocenters. The molecule has 0 saturated heterocycles. The topological polar surface area (TPSA) is 74.3 Å². The Morgan fingerprint density at radius 3 is 2.68 bits per heavy atom. The Morgan fingerprint density at radius 2 is 1.90 bits per heavy atom. The molecule has 5 aromatic rings. The number of rotatable bonds is 5. The van der Waals surface area contributed by atoms with E-state index in [-0.39, 0.29) is 5.76 Å². The van der Waals surface area contributed by atoms with Gasteiger partial charge >= 0.3 is 5.97 Å². The number of aryl methyl sites for hydroxylation is 1. The normalized spacial score (nSPS) is 11.3. The summed E-state index contributed by atoms with van der Waals surface area (Å²) in [5, 5.41) is 6.86. The van der Waals surface area contributed by atoms with Crippen LogP contribution in [0.1, 0.15) is 25.9 Å². The zero-order valence-corrected chi connectivity index (χ0v) is 17.9. The second-order valence-electron chi connectivity index (χ2n) is 6.95. The summed E-state index contributed by atoms with van der Waals surface area (Å²) in [5.41, 5.74) is 2.24. The molecule has 154 valence electrons. The van der Waals surface area contributed by atoms with Crippen LogP contribution in [0.2, 0.25) is 5.02 Å². The lowest BCUT2D eigenvalue weighted by atomic mass is 10.2. The molecular weight excluding hydrogens is 436 g/mol. The van der Waals surface area contributed by atoms with E-state index in [0.717, 1.165) is 27.0 Å². The molecule has 0 bridgehead atoms. The first-order valence-corrected chi connectivity index (χ1v) is 10.6. The third kappa shape index (κ3) is 3.62. The fourth-order valence-corrected chi connectivity index (χ4v) is 4.50. The first kappa shape index (κ1) is 19.5. The number of carbonyl (C=O) groups excluding carboxylic acids is 2. The van der Waals surface area contributed by atoms with Crippen molar-refractivity contribution < 1.29 is 18.7 Å². The van der Waals surface area contributed by atoms with Crippen LogP contribution in [0, 0.1) is 6.92 Å². The van der Waals surface area contributed by atoms with E-state index in [1.807, 2.05) is 37.3 Å². The summed E-state index contributed by atoms with van der Waals surface area (Å²) in [7, 11) is 0. The number of nitrogens with zero attached hydrogens (tertiary/aromatic N) is 2. The number of aromatic nitrogens is 2. The number of ether oxygens (including phenoxy) is 1. The van der Waals surface area contributed by atoms with Crippen molar-refractivity contribution >= 4 is 55.9 Å². The quantitative estimate of drug-likeness (QED) is 0.248. The summed E-state index contributed by atoms with van der Waals surface area (Å²) in [4.78, 5) is 26.2. The molecule has 0 fully saturated rings. The van der Waals surface area contributed by atoms with Crippen molar-refractivity contribution in [2.75, 3.05) is 6.61 Å². The summed E-state index contributed by atoms with van der Waals surface area (Å²) in [6, 6.07) is 18.0. The highest BCUT2D eigenvalue weighted by Crippen LogP contribution is 2.31. The first-order valence-electron chi connectivity index (χ1n) is 9.43. The summed E-state index contributed by atoms with van der Waals surface area (Å²) in [5.74, 6) is -0.790. The van der Waals surface area contributed by atoms with Gasteiger partial charge in [0.1, 0.15) is 15.3 Å². The van der Waals surface area contributed by atoms with Crippen LogP contribution in [0.5, 0.6) is 0 Å². The minimum atomic E-state index is -0.562. The van der Waals surface area contributed by atoms with Crippen LogP contribution in [0.4, 0.5) is 0 Å². The fraction of sp³-hybridized carbons (Fsp3) is 0.0870. The van der Waals surface area contributed by atoms with Crippen molar-refractivity contribution in [2.45, 2.75) is 6.92 Å². The number of carbonyl (C=O) groups is 2. The molecule has 6 nitrogen and oxygen atoms in total. The van der Waals surface area contributed by atoms with Crippen molar-refractivity contribution in [1.29, 1.82) is 0 Å². The summed E-state index contributed by atoms with van der Waals surface area (Å²) >= 11 is 7.23. The molecule has 31 heavy (non-hydrogen) atoms. The summed E-state index contributed by atoms with van der Waals surface area (Å²) in [6.45, 7) is 1.48. The van der Waals surface area contributed by atoms with Gasteiger partial charge in [0.15, 0.2) is 12.4 Å². The van der Waals surface area contributed by atoms with Gasteiger partial charge < -0.3 is 9.15 Å². The smallest absolute Gasteiger partial charge is 0.348 e. The van der Waals surface area contributed by atoms with E-state index in [1.165, 1.54) is 11.3 Å². The molecule has 0 unspecified atom stereocenters. The van der Waals surface area contributed by atoms with E-state index in [1.54, 1.807) is 35.0 Å². The number of fused-ring (bicyclic) bond motifs is 2. The van der Waals surface area contributed by atoms with Gasteiger partial charge in [0.05, 0.1) is 11.4 Å². The second kappa shape index (κ2) is 7.68. The number of benzene rings is 2. The average molecular weight is 451 g/mol. The maximum atomic E-state index is 12.6. The Morgan fingerprint density at radius 1 is 1.13 bits per heavy atom. The number of furan rings is 1. The zero-order chi connectivity index (χ0) is 21.5. The van der Waals surface area contributed by atoms with E-state index in [4.69, 9.17) is 20.8 Å². The molecule has 3 aromatic heterocycles. The van der Waals surface area contributed by atoms with Crippen molar-refractivity contribution in [3.63, 3.8) is 0 Å². The van der Waals surface area contributed by atoms with E-state index < -0.39 is 18.4 Å². The monoisotopic (exact) mass is 450 g/mol. The largest absolute Gasteiger partial charge is 0.453 e. The molecule has 0 N–H and O–H groups in total. The molecular formula is C23H15ClN2O4S. The highest BCUT2D eigenvalue weighted by Gasteiger charge is 2.20. The maximum absolute atomic E-state index is 12.6. The third-order valence-electron chi connectivity index (χ3n) is 4.85. The number of hydrogen-bond donors (Lipinski definition) is 0. The molecule has 8 heteroatoms. The molecule has 0 saturated carbocycles. The molecule has 0 radical (unpaired) electrons. The molecule has 3 heterocycles. The van der Waals surface area contributed by atoms with Crippen molar-refractivity contribution in [3.05, 3.63) is 82.0 Å². The zero-order valence-electron chi connectivity index (χ0n) is 16.3. The molecule has 0 amide bonds. The van der Waals surface area contributed by atoms with E-state index in [0.29, 0.717) is 15.5 Å². The van der Waals surface area contributed by atoms with Gasteiger partial charge in [-0.1, -0.05) is 29.8 Å². The van der Waals surface area contributed by atoms with Crippen LogP contribution in [-0.4, -0.2) is 28.1 Å². The Balaban J connectivity index is 1.35. The number of ketones is 1. The van der Waals surface area contributed by atoms with Gasteiger partial charge in [-0.25, -0.2) is 9.48 Å². The lowest BCUT2D eigenvalue weighted by molar-refractivity contribution is 0.0473. The molecule has 2 aromatic carbocycles. The Bertz CT molecular complexity index is 1410. The lowest BCUT2D eigenvalue weighted by Crippen LogP contribution is -2.13. The highest BCUT2D eigenvalue weighted by atomic mass is 35.5. The van der Waals surface area contributed by atoms with Gasteiger partial charge in [0.2, 0.25) is 5.78 Å². The Hall–Kier alpha value is -3.42. The minimum Gasteiger partial charge on any atom is -0.453 e. The van der Waals surface area contributed by atoms with Crippen LogP contribution < -0.4 is 0 Å². The van der Waals surface area contributed by atoms with E-state index in [2.05, 4.69) is 5.10 Å². The second-order valence-corrected chi connectivity index (χ2v) is 8.42. The molecule has 0 aliphatic carbocycles. The SMILES string of the molecule is Cc1nn(-c2ccc(Cl)cc2)c2sc(C(=O)OCC(=O)c3cc4ccccc4o3)cc12. The van der Waals surface area contributed by atoms with Crippen LogP contribution in [0.3, 0.4) is 0 Å². The summed E-state index contributed by atoms with van der Waals surface area (Å²) < 4.78 is 12.6. The van der Waals surface area contributed by atoms with Gasteiger partial charge in [0, 0.05) is 15.8 Å². The first-order chi connectivity index (χ1) is 15.0. The summed E-state index contributed by atoms with van der Waals surface area (Å²) in [6.07, 6.45) is 0. The minimum absolute atomic E-state index is 0.166. The van der Waals surface area contributed by atoms with Gasteiger partial charge in [-0.3, -0.25) is 4.79 Å². The van der Waals surface area contributed by atoms with Crippen LogP contribution in [0.25, 0.3) is 26.9 Å². The fourth-order valence-electron chi connectivity index (χ4n) is 3.30. The Kier molecular flexibility index (Phi) is 4.84. The van der Waals surface area contributed by atoms with Crippen molar-refractivity contribution in [1.82, 2.24) is 9.78 Å². The van der Waals surface area contributed by atoms with Gasteiger partial charge in [-0.15, -0.1) is 11.3 Å². The van der Waals surface area contributed by atoms with Gasteiger partial charge in [-0.2, -0.15) is 5.10 Å². The number of esters is 1. The van der Waals surface area contributed by atoms with Gasteiger partial charge in [-0.05, 0) is 49.4 Å². The highest BCUT2D eigenvalue weighted by molar-refractivity contribution is 7.20. The molecule has 0 aliphatic heterocycles. The van der Waals surface area contributed by atoms with E-state index >= 15 is 0 Å². The van der Waals surface area contributed by atoms with Crippen molar-refractivity contribution in [3.8, 4) is 5.69 Å². The van der Waals surface area contributed by atoms with Gasteiger partial charge in [0.25, 0.3) is 0 Å². The predicted molar refractivity (Wildman–Crippen MR) is 120 cm³/mol. The Labute approximate surface area is 185 Å². The number of hydrogen-bond acceptors (Lipinski definition) is 6. The number of halogens is 1. The number of thiophene rings is 1. The van der Waals surface area contributed by atoms with Crippen LogP contribution >= 0.6 is 22.9 Å². The maximum Gasteiger partial charge on any atom is 0.348 e. The average Bonchev–Trinajstić information content (AvgIpc) is 3.47. The lowest BCUT2D eigenvalue weighted by Gasteiger charge is -2.02. The molecule has 0 spiro atoms. The number of para-hydroxylation sites is 1. The molecule has 5 rings (SSSR count). The molecule has 0 aliphatic rings. The van der Waals surface area contributed by atoms with E-state index in [9.17, 15) is 9.59 Å². The van der Waals surface area contributed by atoms with Crippen LogP contribution in [0.15, 0.2) is 65.1 Å². The van der Waals surface area contributed by atoms with Crippen molar-refractivity contribution in [2.24, 2.45) is 0 Å². The number of Topliss-reactive ketones (excluding diaryl/α,β-unsaturated/α-hetero) is 1. The standard InChI is InChI=1S/C23H15ClN2O4S/c1-13-17-11-21(31-22(17)26(25-13)16-8-6-15(24)7-9-16)23(28)29-12-18(27)20-10-14-4-2-3-5-19(14)30-20/h2-11H,12H2,1H3. The predicted octanol–water partition coefficient (Wildman–Crippen LogP) is 5.83. The third-order valence-corrected chi connectivity index (χ3v) is 6.19. The van der Waals surface area contributed by atoms with Crippen LogP contribution in [-0.2, 0) is 4.74 Å².